The predicted molar refractivity (Wildman–Crippen MR) is 41.1 cm³/mol. The zero-order valence-corrected chi connectivity index (χ0v) is 7.15. The number of nitrogens with one attached hydrogen (secondary N) is 2. The van der Waals surface area contributed by atoms with Gasteiger partial charge in [0.1, 0.15) is 5.76 Å². The molecule has 0 aromatic heterocycles. The Morgan fingerprint density at radius 2 is 2.00 bits per heavy atom. The maximum absolute atomic E-state index is 4.78. The van der Waals surface area contributed by atoms with Crippen LogP contribution in [0.15, 0.2) is 11.5 Å². The van der Waals surface area contributed by atoms with Crippen LogP contribution in [0, 0.1) is 0 Å². The van der Waals surface area contributed by atoms with Crippen molar-refractivity contribution in [3.05, 3.63) is 11.5 Å². The Labute approximate surface area is 65.4 Å². The van der Waals surface area contributed by atoms with E-state index < -0.39 is 0 Å². The van der Waals surface area contributed by atoms with Crippen LogP contribution >= 0.6 is 24.0 Å². The molecule has 2 N–H and O–H groups in total. The molecule has 0 amide bonds. The van der Waals surface area contributed by atoms with Crippen LogP contribution in [0.2, 0.25) is 0 Å². The van der Waals surface area contributed by atoms with Gasteiger partial charge in [0.2, 0.25) is 0 Å². The molecule has 0 saturated carbocycles. The summed E-state index contributed by atoms with van der Waals surface area (Å²) in [7, 11) is 0. The second kappa shape index (κ2) is 3.13. The first-order valence-corrected chi connectivity index (χ1v) is 2.16. The third kappa shape index (κ3) is 1.52. The molecule has 48 valence electrons. The van der Waals surface area contributed by atoms with Crippen LogP contribution < -0.4 is 11.0 Å². The summed E-state index contributed by atoms with van der Waals surface area (Å²) >= 11 is 0. The van der Waals surface area contributed by atoms with Crippen LogP contribution in [0.1, 0.15) is 13.8 Å². The number of hydrogen-bond donors (Lipinski definition) is 2. The summed E-state index contributed by atoms with van der Waals surface area (Å²) in [5.41, 5.74) is 6.32. The minimum Gasteiger partial charge on any atom is -0.392 e. The fourth-order valence-electron chi connectivity index (χ4n) is 0.343. The van der Waals surface area contributed by atoms with Gasteiger partial charge >= 0.3 is 0 Å². The van der Waals surface area contributed by atoms with Gasteiger partial charge in [0.25, 0.3) is 0 Å². The van der Waals surface area contributed by atoms with Gasteiger partial charge in [-0.25, -0.2) is 0 Å². The maximum atomic E-state index is 4.78. The van der Waals surface area contributed by atoms with Crippen LogP contribution in [0.4, 0.5) is 0 Å². The minimum atomic E-state index is 0. The third-order valence-corrected chi connectivity index (χ3v) is 0.971. The second-order valence-electron chi connectivity index (χ2n) is 1.51. The fourth-order valence-corrected chi connectivity index (χ4v) is 0.343. The molecule has 1 rings (SSSR count). The summed E-state index contributed by atoms with van der Waals surface area (Å²) in [6.45, 7) is 3.83. The van der Waals surface area contributed by atoms with E-state index in [0.717, 1.165) is 11.5 Å². The van der Waals surface area contributed by atoms with Gasteiger partial charge in [-0.15, -0.1) is 24.0 Å². The molecule has 0 spiro atoms. The zero-order valence-electron chi connectivity index (χ0n) is 4.82. The van der Waals surface area contributed by atoms with Crippen molar-refractivity contribution in [2.24, 2.45) is 0 Å². The quantitative estimate of drug-likeness (QED) is 0.604. The van der Waals surface area contributed by atoms with E-state index in [4.69, 9.17) is 4.84 Å². The number of halogens is 1. The summed E-state index contributed by atoms with van der Waals surface area (Å²) in [6.07, 6.45) is 0. The summed E-state index contributed by atoms with van der Waals surface area (Å²) in [4.78, 5) is 4.78. The van der Waals surface area contributed by atoms with Crippen molar-refractivity contribution in [2.75, 3.05) is 0 Å². The summed E-state index contributed by atoms with van der Waals surface area (Å²) in [5.74, 6) is 0.903. The van der Waals surface area contributed by atoms with Gasteiger partial charge in [0, 0.05) is 0 Å². The fraction of sp³-hybridized carbons (Fsp3) is 0.500. The van der Waals surface area contributed by atoms with E-state index >= 15 is 0 Å². The Kier molecular flexibility index (Phi) is 3.15. The average Bonchev–Trinajstić information content (AvgIpc) is 1.91. The van der Waals surface area contributed by atoms with Crippen molar-refractivity contribution in [3.8, 4) is 0 Å². The molecular formula is C4H9IN2O. The monoisotopic (exact) mass is 228 g/mol. The number of hydrogen-bond acceptors (Lipinski definition) is 3. The van der Waals surface area contributed by atoms with Crippen molar-refractivity contribution in [2.45, 2.75) is 13.8 Å². The normalized spacial score (nSPS) is 16.8. The van der Waals surface area contributed by atoms with Crippen molar-refractivity contribution in [1.82, 2.24) is 11.0 Å². The molecule has 1 aliphatic heterocycles. The molecule has 0 aromatic carbocycles. The molecule has 4 heteroatoms. The summed E-state index contributed by atoms with van der Waals surface area (Å²) in [5, 5.41) is 0. The van der Waals surface area contributed by atoms with E-state index in [-0.39, 0.29) is 24.0 Å². The van der Waals surface area contributed by atoms with Crippen molar-refractivity contribution < 1.29 is 4.84 Å². The van der Waals surface area contributed by atoms with E-state index in [1.165, 1.54) is 0 Å². The second-order valence-corrected chi connectivity index (χ2v) is 1.51. The maximum Gasteiger partial charge on any atom is 0.143 e. The summed E-state index contributed by atoms with van der Waals surface area (Å²) in [6, 6.07) is 0. The largest absolute Gasteiger partial charge is 0.392 e. The van der Waals surface area contributed by atoms with Crippen LogP contribution in [-0.4, -0.2) is 0 Å². The molecule has 0 unspecified atom stereocenters. The lowest BCUT2D eigenvalue weighted by molar-refractivity contribution is 0.113. The van der Waals surface area contributed by atoms with Gasteiger partial charge in [-0.3, -0.25) is 5.43 Å². The molecular weight excluding hydrogens is 219 g/mol. The van der Waals surface area contributed by atoms with Crippen molar-refractivity contribution >= 4 is 24.0 Å². The predicted octanol–water partition coefficient (Wildman–Crippen LogP) is 0.895. The molecule has 0 bridgehead atoms. The van der Waals surface area contributed by atoms with Crippen molar-refractivity contribution in [1.29, 1.82) is 0 Å². The van der Waals surface area contributed by atoms with E-state index in [0.29, 0.717) is 0 Å². The molecule has 3 nitrogen and oxygen atoms in total. The first-order valence-electron chi connectivity index (χ1n) is 2.16. The molecule has 0 fully saturated rings. The first kappa shape index (κ1) is 8.03. The highest BCUT2D eigenvalue weighted by Gasteiger charge is 2.02. The number of allylic oxidation sites excluding steroid dienone is 2. The highest BCUT2D eigenvalue weighted by molar-refractivity contribution is 14.0. The molecule has 0 radical (unpaired) electrons. The van der Waals surface area contributed by atoms with Gasteiger partial charge < -0.3 is 4.84 Å². The van der Waals surface area contributed by atoms with E-state index in [1.54, 1.807) is 0 Å². The van der Waals surface area contributed by atoms with Gasteiger partial charge in [-0.2, -0.15) is 0 Å². The topological polar surface area (TPSA) is 33.3 Å². The standard InChI is InChI=1S/C4H8N2O.HI/c1-3-4(2)7-6-5-3;/h5-6H,1-2H3;1H. The first-order chi connectivity index (χ1) is 3.30. The smallest absolute Gasteiger partial charge is 0.143 e. The van der Waals surface area contributed by atoms with Crippen LogP contribution in [0.5, 0.6) is 0 Å². The van der Waals surface area contributed by atoms with Crippen LogP contribution in [-0.2, 0) is 4.84 Å². The molecule has 1 heterocycles. The number of rotatable bonds is 0. The van der Waals surface area contributed by atoms with Crippen LogP contribution in [0.25, 0.3) is 0 Å². The lowest BCUT2D eigenvalue weighted by atomic mass is 10.4. The lowest BCUT2D eigenvalue weighted by Gasteiger charge is -1.90. The Hall–Kier alpha value is 0.0300. The Morgan fingerprint density at radius 3 is 2.12 bits per heavy atom. The van der Waals surface area contributed by atoms with Gasteiger partial charge in [-0.1, -0.05) is 5.59 Å². The number of hydrazine groups is 1. The molecule has 8 heavy (non-hydrogen) atoms. The van der Waals surface area contributed by atoms with E-state index in [1.807, 2.05) is 13.8 Å². The highest BCUT2D eigenvalue weighted by Crippen LogP contribution is 2.02. The van der Waals surface area contributed by atoms with E-state index in [9.17, 15) is 0 Å². The SMILES string of the molecule is CC1=C(C)ONN1.I. The van der Waals surface area contributed by atoms with Crippen molar-refractivity contribution in [3.63, 3.8) is 0 Å². The highest BCUT2D eigenvalue weighted by atomic mass is 127. The third-order valence-electron chi connectivity index (χ3n) is 0.971. The van der Waals surface area contributed by atoms with E-state index in [2.05, 4.69) is 11.0 Å². The molecule has 0 saturated heterocycles. The van der Waals surface area contributed by atoms with Crippen LogP contribution in [0.3, 0.4) is 0 Å². The van der Waals surface area contributed by atoms with Gasteiger partial charge in [0.15, 0.2) is 0 Å². The molecule has 0 aliphatic carbocycles. The minimum absolute atomic E-state index is 0. The van der Waals surface area contributed by atoms with Gasteiger partial charge in [-0.05, 0) is 13.8 Å². The Bertz CT molecular complexity index is 101. The summed E-state index contributed by atoms with van der Waals surface area (Å²) < 4.78 is 0. The molecule has 1 aliphatic rings. The zero-order chi connectivity index (χ0) is 5.28. The Morgan fingerprint density at radius 1 is 1.38 bits per heavy atom. The average molecular weight is 228 g/mol. The molecule has 0 atom stereocenters. The van der Waals surface area contributed by atoms with Gasteiger partial charge in [0.05, 0.1) is 5.70 Å². The lowest BCUT2D eigenvalue weighted by Crippen LogP contribution is -2.21. The molecule has 0 aromatic rings. The Balaban J connectivity index is 0.000000490.